The van der Waals surface area contributed by atoms with Gasteiger partial charge in [-0.25, -0.2) is 4.39 Å². The molecule has 0 aliphatic carbocycles. The minimum atomic E-state index is -0.828. The Labute approximate surface area is 110 Å². The second kappa shape index (κ2) is 5.07. The Bertz CT molecular complexity index is 523. The maximum atomic E-state index is 13.0. The van der Waals surface area contributed by atoms with Crippen molar-refractivity contribution in [3.05, 3.63) is 28.5 Å². The molecule has 0 spiro atoms. The van der Waals surface area contributed by atoms with E-state index in [4.69, 9.17) is 23.2 Å². The third-order valence-corrected chi connectivity index (χ3v) is 2.94. The first kappa shape index (κ1) is 12.4. The average molecular weight is 294 g/mol. The number of anilines is 1. The molecule has 9 heteroatoms. The fourth-order valence-corrected chi connectivity index (χ4v) is 1.99. The van der Waals surface area contributed by atoms with E-state index in [0.29, 0.717) is 0 Å². The fourth-order valence-electron chi connectivity index (χ4n) is 0.996. The van der Waals surface area contributed by atoms with E-state index in [1.54, 1.807) is 24.1 Å². The lowest BCUT2D eigenvalue weighted by Gasteiger charge is -2.03. The van der Waals surface area contributed by atoms with Crippen molar-refractivity contribution in [1.82, 2.24) is 19.7 Å². The molecule has 0 aliphatic rings. The summed E-state index contributed by atoms with van der Waals surface area (Å²) in [5.41, 5.74) is 0. The van der Waals surface area contributed by atoms with E-state index in [1.165, 1.54) is 11.9 Å². The Morgan fingerprint density at radius 1 is 1.35 bits per heavy atom. The van der Waals surface area contributed by atoms with Gasteiger partial charge in [0.15, 0.2) is 16.1 Å². The van der Waals surface area contributed by atoms with E-state index in [9.17, 15) is 4.39 Å². The first-order chi connectivity index (χ1) is 8.06. The number of hydrogen-bond donors (Lipinski definition) is 1. The summed E-state index contributed by atoms with van der Waals surface area (Å²) in [6.07, 6.45) is 3.45. The molecular formula is C8H6Cl2FN5S. The van der Waals surface area contributed by atoms with Gasteiger partial charge >= 0.3 is 0 Å². The van der Waals surface area contributed by atoms with Crippen LogP contribution >= 0.6 is 35.1 Å². The Morgan fingerprint density at radius 2 is 2.00 bits per heavy atom. The largest absolute Gasteiger partial charge is 0.294 e. The summed E-state index contributed by atoms with van der Waals surface area (Å²) < 4.78 is 17.5. The predicted octanol–water partition coefficient (Wildman–Crippen LogP) is 2.78. The van der Waals surface area contributed by atoms with Crippen molar-refractivity contribution in [2.75, 3.05) is 4.72 Å². The number of hydrogen-bond acceptors (Lipinski definition) is 5. The third kappa shape index (κ3) is 2.99. The van der Waals surface area contributed by atoms with Crippen molar-refractivity contribution in [3.8, 4) is 0 Å². The zero-order chi connectivity index (χ0) is 12.4. The summed E-state index contributed by atoms with van der Waals surface area (Å²) in [6.45, 7) is 0. The maximum Gasteiger partial charge on any atom is 0.236 e. The van der Waals surface area contributed by atoms with Crippen LogP contribution < -0.4 is 4.72 Å². The number of rotatable bonds is 3. The van der Waals surface area contributed by atoms with Crippen LogP contribution in [0, 0.1) is 5.82 Å². The average Bonchev–Trinajstić information content (AvgIpc) is 2.69. The van der Waals surface area contributed by atoms with E-state index < -0.39 is 5.82 Å². The van der Waals surface area contributed by atoms with Crippen molar-refractivity contribution >= 4 is 41.1 Å². The monoisotopic (exact) mass is 293 g/mol. The van der Waals surface area contributed by atoms with Crippen LogP contribution in [0.5, 0.6) is 0 Å². The van der Waals surface area contributed by atoms with E-state index in [2.05, 4.69) is 19.8 Å². The van der Waals surface area contributed by atoms with E-state index >= 15 is 0 Å². The van der Waals surface area contributed by atoms with E-state index in [1.807, 2.05) is 0 Å². The molecule has 2 rings (SSSR count). The molecule has 0 aliphatic heterocycles. The Hall–Kier alpha value is -1.05. The molecule has 2 aromatic heterocycles. The van der Waals surface area contributed by atoms with Gasteiger partial charge in [0.1, 0.15) is 0 Å². The van der Waals surface area contributed by atoms with Crippen molar-refractivity contribution < 1.29 is 4.39 Å². The Kier molecular flexibility index (Phi) is 3.70. The van der Waals surface area contributed by atoms with Crippen LogP contribution in [0.1, 0.15) is 0 Å². The summed E-state index contributed by atoms with van der Waals surface area (Å²) in [7, 11) is 1.80. The van der Waals surface area contributed by atoms with Crippen LogP contribution in [0.4, 0.5) is 10.3 Å². The van der Waals surface area contributed by atoms with Gasteiger partial charge in [-0.3, -0.25) is 9.40 Å². The number of halogens is 3. The Balaban J connectivity index is 2.09. The van der Waals surface area contributed by atoms with Crippen molar-refractivity contribution in [1.29, 1.82) is 0 Å². The molecule has 0 amide bonds. The van der Waals surface area contributed by atoms with Crippen LogP contribution in [-0.4, -0.2) is 19.7 Å². The van der Waals surface area contributed by atoms with Gasteiger partial charge in [-0.2, -0.15) is 15.1 Å². The van der Waals surface area contributed by atoms with Gasteiger partial charge in [-0.15, -0.1) is 0 Å². The highest BCUT2D eigenvalue weighted by Crippen LogP contribution is 2.23. The van der Waals surface area contributed by atoms with Crippen LogP contribution in [0.15, 0.2) is 17.3 Å². The predicted molar refractivity (Wildman–Crippen MR) is 64.7 cm³/mol. The standard InChI is InChI=1S/C8H6Cl2FN5S/c1-16-3-4(2-12-16)17-15-8-13-6(9)5(11)7(10)14-8/h2-3H,1H3,(H,13,14,15). The van der Waals surface area contributed by atoms with E-state index in [0.717, 1.165) is 4.90 Å². The van der Waals surface area contributed by atoms with Gasteiger partial charge in [0, 0.05) is 13.2 Å². The van der Waals surface area contributed by atoms with Crippen molar-refractivity contribution in [2.24, 2.45) is 7.05 Å². The zero-order valence-electron chi connectivity index (χ0n) is 8.49. The molecule has 0 unspecified atom stereocenters. The normalized spacial score (nSPS) is 10.6. The topological polar surface area (TPSA) is 55.6 Å². The fraction of sp³-hybridized carbons (Fsp3) is 0.125. The first-order valence-corrected chi connectivity index (χ1v) is 5.93. The van der Waals surface area contributed by atoms with Gasteiger partial charge < -0.3 is 0 Å². The Morgan fingerprint density at radius 3 is 2.53 bits per heavy atom. The molecular weight excluding hydrogens is 288 g/mol. The lowest BCUT2D eigenvalue weighted by atomic mass is 10.6. The van der Waals surface area contributed by atoms with Gasteiger partial charge in [0.25, 0.3) is 0 Å². The summed E-state index contributed by atoms with van der Waals surface area (Å²) in [5.74, 6) is -0.694. The first-order valence-electron chi connectivity index (χ1n) is 4.36. The molecule has 2 aromatic rings. The summed E-state index contributed by atoms with van der Waals surface area (Å²) >= 11 is 12.3. The minimum absolute atomic E-state index is 0.134. The molecule has 0 bridgehead atoms. The highest BCUT2D eigenvalue weighted by molar-refractivity contribution is 8.00. The number of aryl methyl sites for hydroxylation is 1. The maximum absolute atomic E-state index is 13.0. The van der Waals surface area contributed by atoms with Crippen LogP contribution in [0.3, 0.4) is 0 Å². The molecule has 90 valence electrons. The molecule has 0 saturated heterocycles. The molecule has 5 nitrogen and oxygen atoms in total. The molecule has 0 radical (unpaired) electrons. The van der Waals surface area contributed by atoms with Crippen LogP contribution in [0.25, 0.3) is 0 Å². The molecule has 0 atom stereocenters. The lowest BCUT2D eigenvalue weighted by Crippen LogP contribution is -1.97. The van der Waals surface area contributed by atoms with Crippen molar-refractivity contribution in [2.45, 2.75) is 4.90 Å². The van der Waals surface area contributed by atoms with Crippen LogP contribution in [0.2, 0.25) is 10.3 Å². The van der Waals surface area contributed by atoms with Crippen LogP contribution in [-0.2, 0) is 7.05 Å². The molecule has 0 aromatic carbocycles. The summed E-state index contributed by atoms with van der Waals surface area (Å²) in [6, 6.07) is 0. The van der Waals surface area contributed by atoms with Gasteiger partial charge in [-0.1, -0.05) is 23.2 Å². The lowest BCUT2D eigenvalue weighted by molar-refractivity contribution is 0.615. The number of nitrogens with zero attached hydrogens (tertiary/aromatic N) is 4. The third-order valence-electron chi connectivity index (χ3n) is 1.71. The smallest absolute Gasteiger partial charge is 0.236 e. The minimum Gasteiger partial charge on any atom is -0.294 e. The van der Waals surface area contributed by atoms with Gasteiger partial charge in [0.2, 0.25) is 5.95 Å². The zero-order valence-corrected chi connectivity index (χ0v) is 10.8. The number of aromatic nitrogens is 4. The molecule has 0 fully saturated rings. The number of nitrogens with one attached hydrogen (secondary N) is 1. The molecule has 17 heavy (non-hydrogen) atoms. The molecule has 0 saturated carbocycles. The molecule has 1 N–H and O–H groups in total. The summed E-state index contributed by atoms with van der Waals surface area (Å²) in [4.78, 5) is 8.24. The molecule has 2 heterocycles. The quantitative estimate of drug-likeness (QED) is 0.697. The SMILES string of the molecule is Cn1cc(SNc2nc(Cl)c(F)c(Cl)n2)cn1. The van der Waals surface area contributed by atoms with E-state index in [-0.39, 0.29) is 16.3 Å². The van der Waals surface area contributed by atoms with Gasteiger partial charge in [-0.05, 0) is 11.9 Å². The summed E-state index contributed by atoms with van der Waals surface area (Å²) in [5, 5.41) is 3.34. The van der Waals surface area contributed by atoms with Crippen molar-refractivity contribution in [3.63, 3.8) is 0 Å². The highest BCUT2D eigenvalue weighted by Gasteiger charge is 2.11. The second-order valence-corrected chi connectivity index (χ2v) is 4.59. The second-order valence-electron chi connectivity index (χ2n) is 3.00. The van der Waals surface area contributed by atoms with Gasteiger partial charge in [0.05, 0.1) is 11.1 Å². The highest BCUT2D eigenvalue weighted by atomic mass is 35.5.